The molecule has 2 aromatic carbocycles. The first-order chi connectivity index (χ1) is 10.0. The fraction of sp³-hybridized carbons (Fsp3) is 0.200. The number of ether oxygens (including phenoxy) is 1. The normalized spacial score (nSPS) is 10.4. The van der Waals surface area contributed by atoms with E-state index in [1.165, 1.54) is 12.1 Å². The molecule has 0 radical (unpaired) electrons. The van der Waals surface area contributed by atoms with Gasteiger partial charge in [-0.15, -0.1) is 0 Å². The highest BCUT2D eigenvalue weighted by Crippen LogP contribution is 2.26. The van der Waals surface area contributed by atoms with Crippen molar-refractivity contribution in [1.29, 1.82) is 0 Å². The predicted octanol–water partition coefficient (Wildman–Crippen LogP) is 3.08. The summed E-state index contributed by atoms with van der Waals surface area (Å²) in [6, 6.07) is 9.24. The van der Waals surface area contributed by atoms with Crippen molar-refractivity contribution in [3.05, 3.63) is 69.0 Å². The summed E-state index contributed by atoms with van der Waals surface area (Å²) in [4.78, 5) is 10.4. The number of para-hydroxylation sites is 1. The first-order valence-electron chi connectivity index (χ1n) is 6.37. The molecule has 2 N–H and O–H groups in total. The van der Waals surface area contributed by atoms with E-state index in [9.17, 15) is 14.5 Å². The minimum absolute atomic E-state index is 0.0173. The highest BCUT2D eigenvalue weighted by atomic mass is 19.1. The summed E-state index contributed by atoms with van der Waals surface area (Å²) in [5.41, 5.74) is 7.26. The highest BCUT2D eigenvalue weighted by Gasteiger charge is 2.15. The van der Waals surface area contributed by atoms with Gasteiger partial charge < -0.3 is 10.5 Å². The third-order valence-electron chi connectivity index (χ3n) is 3.25. The lowest BCUT2D eigenvalue weighted by molar-refractivity contribution is -0.385. The van der Waals surface area contributed by atoms with Crippen molar-refractivity contribution in [2.24, 2.45) is 5.73 Å². The molecule has 0 fully saturated rings. The van der Waals surface area contributed by atoms with Crippen LogP contribution in [0.4, 0.5) is 10.1 Å². The van der Waals surface area contributed by atoms with E-state index in [0.717, 1.165) is 0 Å². The Balaban J connectivity index is 2.25. The molecule has 0 saturated heterocycles. The van der Waals surface area contributed by atoms with E-state index >= 15 is 0 Å². The van der Waals surface area contributed by atoms with Gasteiger partial charge in [0.05, 0.1) is 4.92 Å². The number of benzene rings is 2. The number of rotatable bonds is 5. The fourth-order valence-corrected chi connectivity index (χ4v) is 2.05. The van der Waals surface area contributed by atoms with Crippen molar-refractivity contribution in [1.82, 2.24) is 0 Å². The van der Waals surface area contributed by atoms with Crippen molar-refractivity contribution >= 4 is 5.69 Å². The van der Waals surface area contributed by atoms with Crippen molar-refractivity contribution in [3.8, 4) is 5.75 Å². The molecule has 0 aliphatic rings. The third kappa shape index (κ3) is 3.17. The molecule has 21 heavy (non-hydrogen) atoms. The second-order valence-electron chi connectivity index (χ2n) is 4.54. The Hall–Kier alpha value is -2.47. The largest absolute Gasteiger partial charge is 0.485 e. The molecule has 0 saturated carbocycles. The van der Waals surface area contributed by atoms with Crippen LogP contribution in [-0.4, -0.2) is 4.92 Å². The molecular weight excluding hydrogens is 275 g/mol. The second-order valence-corrected chi connectivity index (χ2v) is 4.54. The molecule has 0 unspecified atom stereocenters. The summed E-state index contributed by atoms with van der Waals surface area (Å²) >= 11 is 0. The van der Waals surface area contributed by atoms with E-state index in [1.807, 2.05) is 0 Å². The zero-order valence-electron chi connectivity index (χ0n) is 11.5. The average Bonchev–Trinajstić information content (AvgIpc) is 2.46. The molecule has 5 nitrogen and oxygen atoms in total. The molecule has 0 bridgehead atoms. The van der Waals surface area contributed by atoms with Gasteiger partial charge in [-0.25, -0.2) is 4.39 Å². The van der Waals surface area contributed by atoms with Gasteiger partial charge in [-0.3, -0.25) is 10.1 Å². The summed E-state index contributed by atoms with van der Waals surface area (Å²) < 4.78 is 19.2. The highest BCUT2D eigenvalue weighted by molar-refractivity contribution is 5.44. The van der Waals surface area contributed by atoms with Gasteiger partial charge >= 0.3 is 0 Å². The molecule has 2 aromatic rings. The molecule has 0 spiro atoms. The molecule has 0 aliphatic heterocycles. The topological polar surface area (TPSA) is 78.4 Å². The second kappa shape index (κ2) is 6.32. The summed E-state index contributed by atoms with van der Waals surface area (Å²) in [7, 11) is 0. The molecule has 110 valence electrons. The Morgan fingerprint density at radius 3 is 2.57 bits per heavy atom. The van der Waals surface area contributed by atoms with Crippen LogP contribution in [0.15, 0.2) is 36.4 Å². The minimum atomic E-state index is -0.499. The summed E-state index contributed by atoms with van der Waals surface area (Å²) in [6.45, 7) is 1.84. The Labute approximate surface area is 121 Å². The van der Waals surface area contributed by atoms with Crippen molar-refractivity contribution in [3.63, 3.8) is 0 Å². The van der Waals surface area contributed by atoms with Gasteiger partial charge in [-0.1, -0.05) is 24.3 Å². The van der Waals surface area contributed by atoms with Gasteiger partial charge in [0.2, 0.25) is 0 Å². The SMILES string of the molecule is Cc1c(COc2c(F)cccc2CN)cccc1[N+](=O)[O-]. The number of nitro groups is 1. The molecular formula is C15H15FN2O3. The van der Waals surface area contributed by atoms with Crippen molar-refractivity contribution in [2.75, 3.05) is 0 Å². The lowest BCUT2D eigenvalue weighted by Gasteiger charge is -2.12. The maximum Gasteiger partial charge on any atom is 0.272 e. The summed E-state index contributed by atoms with van der Waals surface area (Å²) in [6.07, 6.45) is 0. The zero-order chi connectivity index (χ0) is 15.4. The van der Waals surface area contributed by atoms with Gasteiger partial charge in [0.1, 0.15) is 6.61 Å². The van der Waals surface area contributed by atoms with Crippen LogP contribution in [0.25, 0.3) is 0 Å². The zero-order valence-corrected chi connectivity index (χ0v) is 11.5. The van der Waals surface area contributed by atoms with Crippen LogP contribution >= 0.6 is 0 Å². The van der Waals surface area contributed by atoms with Crippen LogP contribution in [-0.2, 0) is 13.2 Å². The van der Waals surface area contributed by atoms with E-state index in [-0.39, 0.29) is 24.6 Å². The first kappa shape index (κ1) is 14.9. The monoisotopic (exact) mass is 290 g/mol. The van der Waals surface area contributed by atoms with Crippen LogP contribution in [0.1, 0.15) is 16.7 Å². The maximum atomic E-state index is 13.8. The minimum Gasteiger partial charge on any atom is -0.485 e. The summed E-state index contributed by atoms with van der Waals surface area (Å²) in [5.74, 6) is -0.410. The van der Waals surface area contributed by atoms with Gasteiger partial charge in [-0.05, 0) is 18.6 Å². The Bertz CT molecular complexity index is 674. The van der Waals surface area contributed by atoms with Crippen LogP contribution in [0.3, 0.4) is 0 Å². The Morgan fingerprint density at radius 1 is 1.24 bits per heavy atom. The third-order valence-corrected chi connectivity index (χ3v) is 3.25. The van der Waals surface area contributed by atoms with Crippen LogP contribution < -0.4 is 10.5 Å². The van der Waals surface area contributed by atoms with Gasteiger partial charge in [0, 0.05) is 23.7 Å². The number of nitrogens with zero attached hydrogens (tertiary/aromatic N) is 1. The standard InChI is InChI=1S/C15H15FN2O3/c1-10-12(5-3-7-14(10)18(19)20)9-21-15-11(8-17)4-2-6-13(15)16/h2-7H,8-9,17H2,1H3. The van der Waals surface area contributed by atoms with Gasteiger partial charge in [-0.2, -0.15) is 0 Å². The molecule has 2 rings (SSSR count). The van der Waals surface area contributed by atoms with Crippen molar-refractivity contribution < 1.29 is 14.1 Å². The molecule has 0 amide bonds. The first-order valence-corrected chi connectivity index (χ1v) is 6.37. The number of nitro benzene ring substituents is 1. The van der Waals surface area contributed by atoms with E-state index in [2.05, 4.69) is 0 Å². The maximum absolute atomic E-state index is 13.8. The molecule has 6 heteroatoms. The number of hydrogen-bond donors (Lipinski definition) is 1. The number of nitrogens with two attached hydrogens (primary N) is 1. The van der Waals surface area contributed by atoms with Crippen LogP contribution in [0, 0.1) is 22.9 Å². The molecule has 0 aliphatic carbocycles. The predicted molar refractivity (Wildman–Crippen MR) is 76.5 cm³/mol. The molecule has 0 heterocycles. The summed E-state index contributed by atoms with van der Waals surface area (Å²) in [5, 5.41) is 10.9. The van der Waals surface area contributed by atoms with E-state index in [0.29, 0.717) is 16.7 Å². The average molecular weight is 290 g/mol. The lowest BCUT2D eigenvalue weighted by Crippen LogP contribution is -2.06. The Kier molecular flexibility index (Phi) is 4.49. The Morgan fingerprint density at radius 2 is 1.90 bits per heavy atom. The van der Waals surface area contributed by atoms with E-state index in [4.69, 9.17) is 10.5 Å². The molecule has 0 aromatic heterocycles. The molecule has 0 atom stereocenters. The van der Waals surface area contributed by atoms with Crippen LogP contribution in [0.5, 0.6) is 5.75 Å². The van der Waals surface area contributed by atoms with Crippen molar-refractivity contribution in [2.45, 2.75) is 20.1 Å². The van der Waals surface area contributed by atoms with Crippen LogP contribution in [0.2, 0.25) is 0 Å². The van der Waals surface area contributed by atoms with Gasteiger partial charge in [0.15, 0.2) is 11.6 Å². The van der Waals surface area contributed by atoms with Gasteiger partial charge in [0.25, 0.3) is 5.69 Å². The number of hydrogen-bond acceptors (Lipinski definition) is 4. The van der Waals surface area contributed by atoms with E-state index < -0.39 is 10.7 Å². The smallest absolute Gasteiger partial charge is 0.272 e. The quantitative estimate of drug-likeness (QED) is 0.678. The van der Waals surface area contributed by atoms with E-state index in [1.54, 1.807) is 31.2 Å². The lowest BCUT2D eigenvalue weighted by atomic mass is 10.1. The number of halogens is 1. The fourth-order valence-electron chi connectivity index (χ4n) is 2.05.